The van der Waals surface area contributed by atoms with Crippen LogP contribution in [-0.2, 0) is 28.7 Å². The van der Waals surface area contributed by atoms with Crippen molar-refractivity contribution in [2.24, 2.45) is 0 Å². The molecule has 0 radical (unpaired) electrons. The highest BCUT2D eigenvalue weighted by atomic mass is 35.5. The van der Waals surface area contributed by atoms with Gasteiger partial charge in [0.15, 0.2) is 0 Å². The summed E-state index contributed by atoms with van der Waals surface area (Å²) in [6, 6.07) is 0. The number of hydrogen-bond donors (Lipinski definition) is 0. The summed E-state index contributed by atoms with van der Waals surface area (Å²) in [5.41, 5.74) is 2.28. The van der Waals surface area contributed by atoms with Gasteiger partial charge in [0.05, 0.1) is 19.8 Å². The van der Waals surface area contributed by atoms with Crippen LogP contribution in [0.15, 0.2) is 0 Å². The maximum Gasteiger partial charge on any atom is 0.136 e. The number of ether oxygens (including phenoxy) is 2. The summed E-state index contributed by atoms with van der Waals surface area (Å²) in [5.74, 6) is 0.790. The molecule has 1 aromatic rings. The van der Waals surface area contributed by atoms with Gasteiger partial charge < -0.3 is 9.47 Å². The molecular weight excluding hydrogens is 252 g/mol. The smallest absolute Gasteiger partial charge is 0.136 e. The Hall–Kier alpha value is -0.710. The van der Waals surface area contributed by atoms with Crippen molar-refractivity contribution in [1.82, 2.24) is 9.97 Å². The van der Waals surface area contributed by atoms with Gasteiger partial charge in [-0.2, -0.15) is 0 Å². The average Bonchev–Trinajstić information content (AvgIpc) is 2.39. The zero-order valence-electron chi connectivity index (χ0n) is 10.7. The standard InChI is InChI=1S/C13H19ClN2O2/c1-17-8-9-18-7-6-12-15-11-5-3-2-4-10(11)13(14)16-12/h2-9H2,1H3. The lowest BCUT2D eigenvalue weighted by Crippen LogP contribution is -2.12. The first kappa shape index (κ1) is 13.7. The lowest BCUT2D eigenvalue weighted by Gasteiger charge is -2.16. The molecule has 100 valence electrons. The Labute approximate surface area is 113 Å². The summed E-state index contributed by atoms with van der Waals surface area (Å²) < 4.78 is 10.3. The minimum Gasteiger partial charge on any atom is -0.382 e. The molecule has 0 saturated heterocycles. The summed E-state index contributed by atoms with van der Waals surface area (Å²) in [6.45, 7) is 1.83. The molecule has 0 aliphatic heterocycles. The predicted octanol–water partition coefficient (Wildman–Crippen LogP) is 2.21. The van der Waals surface area contributed by atoms with Gasteiger partial charge in [-0.15, -0.1) is 0 Å². The molecular formula is C13H19ClN2O2. The maximum absolute atomic E-state index is 6.20. The summed E-state index contributed by atoms with van der Waals surface area (Å²) >= 11 is 6.20. The first-order chi connectivity index (χ1) is 8.81. The molecule has 0 N–H and O–H groups in total. The van der Waals surface area contributed by atoms with E-state index in [1.807, 2.05) is 0 Å². The molecule has 0 spiro atoms. The SMILES string of the molecule is COCCOCCc1nc(Cl)c2c(n1)CCCC2. The third-order valence-electron chi connectivity index (χ3n) is 3.08. The van der Waals surface area contributed by atoms with Crippen molar-refractivity contribution in [3.63, 3.8) is 0 Å². The quantitative estimate of drug-likeness (QED) is 0.587. The van der Waals surface area contributed by atoms with Crippen LogP contribution < -0.4 is 0 Å². The molecule has 18 heavy (non-hydrogen) atoms. The topological polar surface area (TPSA) is 44.2 Å². The van der Waals surface area contributed by atoms with Crippen molar-refractivity contribution in [2.75, 3.05) is 26.9 Å². The van der Waals surface area contributed by atoms with E-state index >= 15 is 0 Å². The largest absolute Gasteiger partial charge is 0.382 e. The molecule has 0 unspecified atom stereocenters. The second kappa shape index (κ2) is 7.02. The van der Waals surface area contributed by atoms with Gasteiger partial charge in [0.1, 0.15) is 11.0 Å². The Morgan fingerprint density at radius 2 is 1.94 bits per heavy atom. The Morgan fingerprint density at radius 1 is 1.11 bits per heavy atom. The van der Waals surface area contributed by atoms with E-state index in [1.165, 1.54) is 12.8 Å². The van der Waals surface area contributed by atoms with Crippen LogP contribution in [0.1, 0.15) is 29.9 Å². The monoisotopic (exact) mass is 270 g/mol. The minimum absolute atomic E-state index is 0.606. The normalized spacial score (nSPS) is 14.6. The number of hydrogen-bond acceptors (Lipinski definition) is 4. The second-order valence-corrected chi connectivity index (χ2v) is 4.78. The van der Waals surface area contributed by atoms with E-state index in [1.54, 1.807) is 7.11 Å². The second-order valence-electron chi connectivity index (χ2n) is 4.42. The molecule has 0 bridgehead atoms. The van der Waals surface area contributed by atoms with Gasteiger partial charge in [0, 0.05) is 24.8 Å². The molecule has 1 heterocycles. The summed E-state index contributed by atoms with van der Waals surface area (Å²) in [5, 5.41) is 0.631. The van der Waals surface area contributed by atoms with E-state index in [0.717, 1.165) is 29.9 Å². The fourth-order valence-corrected chi connectivity index (χ4v) is 2.42. The van der Waals surface area contributed by atoms with Gasteiger partial charge in [-0.25, -0.2) is 9.97 Å². The zero-order valence-corrected chi connectivity index (χ0v) is 11.5. The molecule has 2 rings (SSSR count). The number of aryl methyl sites for hydroxylation is 1. The number of fused-ring (bicyclic) bond motifs is 1. The lowest BCUT2D eigenvalue weighted by atomic mass is 9.97. The van der Waals surface area contributed by atoms with E-state index in [2.05, 4.69) is 9.97 Å². The van der Waals surface area contributed by atoms with Crippen LogP contribution in [-0.4, -0.2) is 36.9 Å². The Balaban J connectivity index is 1.91. The molecule has 0 aromatic carbocycles. The number of halogens is 1. The Morgan fingerprint density at radius 3 is 2.78 bits per heavy atom. The van der Waals surface area contributed by atoms with E-state index in [-0.39, 0.29) is 0 Å². The molecule has 0 atom stereocenters. The minimum atomic E-state index is 0.606. The van der Waals surface area contributed by atoms with Crippen LogP contribution >= 0.6 is 11.6 Å². The van der Waals surface area contributed by atoms with Crippen molar-refractivity contribution in [1.29, 1.82) is 0 Å². The van der Waals surface area contributed by atoms with Gasteiger partial charge in [-0.3, -0.25) is 0 Å². The predicted molar refractivity (Wildman–Crippen MR) is 70.1 cm³/mol. The van der Waals surface area contributed by atoms with Crippen LogP contribution in [0.4, 0.5) is 0 Å². The van der Waals surface area contributed by atoms with Crippen LogP contribution in [0.3, 0.4) is 0 Å². The van der Waals surface area contributed by atoms with Crippen molar-refractivity contribution in [3.8, 4) is 0 Å². The van der Waals surface area contributed by atoms with Gasteiger partial charge in [0.25, 0.3) is 0 Å². The fraction of sp³-hybridized carbons (Fsp3) is 0.692. The molecule has 0 amide bonds. The van der Waals surface area contributed by atoms with Crippen LogP contribution in [0.25, 0.3) is 0 Å². The molecule has 1 aromatic heterocycles. The lowest BCUT2D eigenvalue weighted by molar-refractivity contribution is 0.0716. The molecule has 5 heteroatoms. The van der Waals surface area contributed by atoms with Crippen molar-refractivity contribution < 1.29 is 9.47 Å². The first-order valence-corrected chi connectivity index (χ1v) is 6.80. The van der Waals surface area contributed by atoms with Gasteiger partial charge in [0.2, 0.25) is 0 Å². The van der Waals surface area contributed by atoms with E-state index in [0.29, 0.717) is 31.4 Å². The average molecular weight is 271 g/mol. The Bertz CT molecular complexity index is 399. The molecule has 1 aliphatic carbocycles. The molecule has 4 nitrogen and oxygen atoms in total. The number of methoxy groups -OCH3 is 1. The van der Waals surface area contributed by atoms with Crippen molar-refractivity contribution in [3.05, 3.63) is 22.2 Å². The number of nitrogens with zero attached hydrogens (tertiary/aromatic N) is 2. The van der Waals surface area contributed by atoms with E-state index in [4.69, 9.17) is 21.1 Å². The third kappa shape index (κ3) is 3.64. The maximum atomic E-state index is 6.20. The number of aromatic nitrogens is 2. The van der Waals surface area contributed by atoms with Crippen LogP contribution in [0.2, 0.25) is 5.15 Å². The van der Waals surface area contributed by atoms with Gasteiger partial charge >= 0.3 is 0 Å². The van der Waals surface area contributed by atoms with Gasteiger partial charge in [-0.1, -0.05) is 11.6 Å². The highest BCUT2D eigenvalue weighted by molar-refractivity contribution is 6.30. The van der Waals surface area contributed by atoms with Crippen LogP contribution in [0.5, 0.6) is 0 Å². The van der Waals surface area contributed by atoms with Gasteiger partial charge in [-0.05, 0) is 25.7 Å². The third-order valence-corrected chi connectivity index (χ3v) is 3.39. The highest BCUT2D eigenvalue weighted by Gasteiger charge is 2.16. The summed E-state index contributed by atoms with van der Waals surface area (Å²) in [4.78, 5) is 8.93. The van der Waals surface area contributed by atoms with E-state index in [9.17, 15) is 0 Å². The first-order valence-electron chi connectivity index (χ1n) is 6.42. The Kier molecular flexibility index (Phi) is 5.35. The van der Waals surface area contributed by atoms with E-state index < -0.39 is 0 Å². The fourth-order valence-electron chi connectivity index (χ4n) is 2.12. The molecule has 0 saturated carbocycles. The highest BCUT2D eigenvalue weighted by Crippen LogP contribution is 2.25. The summed E-state index contributed by atoms with van der Waals surface area (Å²) in [6.07, 6.45) is 5.13. The molecule has 1 aliphatic rings. The summed E-state index contributed by atoms with van der Waals surface area (Å²) in [7, 11) is 1.66. The van der Waals surface area contributed by atoms with Crippen molar-refractivity contribution >= 4 is 11.6 Å². The zero-order chi connectivity index (χ0) is 12.8. The molecule has 0 fully saturated rings. The number of rotatable bonds is 6. The van der Waals surface area contributed by atoms with Crippen LogP contribution in [0, 0.1) is 0 Å². The van der Waals surface area contributed by atoms with Crippen molar-refractivity contribution in [2.45, 2.75) is 32.1 Å².